The smallest absolute Gasteiger partial charge is 0.335 e. The normalized spacial score (nSPS) is 11.2. The van der Waals surface area contributed by atoms with Gasteiger partial charge in [-0.2, -0.15) is 0 Å². The third-order valence-corrected chi connectivity index (χ3v) is 4.63. The molecule has 0 aromatic heterocycles. The van der Waals surface area contributed by atoms with Crippen molar-refractivity contribution in [2.24, 2.45) is 5.14 Å². The molecule has 3 aromatic rings. The average Bonchev–Trinajstić information content (AvgIpc) is 2.61. The maximum Gasteiger partial charge on any atom is 0.335 e. The van der Waals surface area contributed by atoms with E-state index in [0.717, 1.165) is 16.8 Å². The van der Waals surface area contributed by atoms with Gasteiger partial charge in [-0.3, -0.25) is 0 Å². The molecule has 0 aliphatic rings. The van der Waals surface area contributed by atoms with E-state index in [0.29, 0.717) is 16.9 Å². The van der Waals surface area contributed by atoms with Crippen LogP contribution in [0, 0.1) is 0 Å². The second kappa shape index (κ2) is 6.51. The number of sulfonamides is 1. The molecule has 126 valence electrons. The molecular formula is C19H15NO4S. The lowest BCUT2D eigenvalue weighted by atomic mass is 9.99. The van der Waals surface area contributed by atoms with Gasteiger partial charge in [0, 0.05) is 17.0 Å². The lowest BCUT2D eigenvalue weighted by Gasteiger charge is -2.13. The molecule has 0 aliphatic heterocycles. The number of esters is 1. The van der Waals surface area contributed by atoms with Gasteiger partial charge in [-0.15, -0.1) is 0 Å². The van der Waals surface area contributed by atoms with E-state index in [1.165, 1.54) is 12.1 Å². The summed E-state index contributed by atoms with van der Waals surface area (Å²) in [5.74, 6) is -0.255. The summed E-state index contributed by atoms with van der Waals surface area (Å²) < 4.78 is 28.7. The zero-order valence-electron chi connectivity index (χ0n) is 13.2. The molecular weight excluding hydrogens is 338 g/mol. The number of nitrogens with two attached hydrogens (primary N) is 1. The van der Waals surface area contributed by atoms with Crippen molar-refractivity contribution in [3.05, 3.63) is 73.3 Å². The minimum Gasteiger partial charge on any atom is -0.422 e. The van der Waals surface area contributed by atoms with Crippen LogP contribution in [0.4, 0.5) is 0 Å². The van der Waals surface area contributed by atoms with E-state index in [9.17, 15) is 13.2 Å². The Morgan fingerprint density at radius 3 is 2.52 bits per heavy atom. The third kappa shape index (κ3) is 3.45. The second-order valence-electron chi connectivity index (χ2n) is 5.36. The molecule has 0 fully saturated rings. The van der Waals surface area contributed by atoms with Crippen LogP contribution in [0.2, 0.25) is 0 Å². The molecule has 0 saturated heterocycles. The second-order valence-corrected chi connectivity index (χ2v) is 6.92. The van der Waals surface area contributed by atoms with Crippen LogP contribution in [0.25, 0.3) is 21.9 Å². The number of primary sulfonamides is 1. The van der Waals surface area contributed by atoms with Crippen molar-refractivity contribution in [3.8, 4) is 16.9 Å². The fourth-order valence-electron chi connectivity index (χ4n) is 2.56. The molecule has 0 spiro atoms. The van der Waals surface area contributed by atoms with Crippen LogP contribution in [0.3, 0.4) is 0 Å². The minimum absolute atomic E-state index is 0.0147. The lowest BCUT2D eigenvalue weighted by molar-refractivity contribution is -0.128. The van der Waals surface area contributed by atoms with E-state index < -0.39 is 16.0 Å². The fourth-order valence-corrected chi connectivity index (χ4v) is 3.12. The van der Waals surface area contributed by atoms with Gasteiger partial charge < -0.3 is 4.74 Å². The van der Waals surface area contributed by atoms with Crippen molar-refractivity contribution >= 4 is 26.8 Å². The molecule has 0 bridgehead atoms. The molecule has 0 aliphatic carbocycles. The molecule has 0 heterocycles. The van der Waals surface area contributed by atoms with E-state index in [1.54, 1.807) is 18.2 Å². The van der Waals surface area contributed by atoms with Crippen LogP contribution in [0.5, 0.6) is 5.75 Å². The highest BCUT2D eigenvalue weighted by Gasteiger charge is 2.15. The molecule has 0 atom stereocenters. The van der Waals surface area contributed by atoms with Crippen LogP contribution in [-0.4, -0.2) is 14.4 Å². The van der Waals surface area contributed by atoms with Crippen LogP contribution in [-0.2, 0) is 14.8 Å². The number of fused-ring (bicyclic) bond motifs is 1. The van der Waals surface area contributed by atoms with Gasteiger partial charge in [0.1, 0.15) is 5.75 Å². The predicted octanol–water partition coefficient (Wildman–Crippen LogP) is 3.25. The van der Waals surface area contributed by atoms with Crippen molar-refractivity contribution in [2.45, 2.75) is 4.90 Å². The highest BCUT2D eigenvalue weighted by Crippen LogP contribution is 2.37. The maximum absolute atomic E-state index is 11.8. The van der Waals surface area contributed by atoms with Gasteiger partial charge in [0.05, 0.1) is 4.90 Å². The number of hydrogen-bond acceptors (Lipinski definition) is 4. The van der Waals surface area contributed by atoms with Gasteiger partial charge in [0.2, 0.25) is 10.0 Å². The summed E-state index contributed by atoms with van der Waals surface area (Å²) in [5, 5.41) is 6.83. The Morgan fingerprint density at radius 1 is 1.04 bits per heavy atom. The molecule has 0 amide bonds. The van der Waals surface area contributed by atoms with Crippen molar-refractivity contribution < 1.29 is 17.9 Å². The van der Waals surface area contributed by atoms with E-state index in [-0.39, 0.29) is 4.90 Å². The lowest BCUT2D eigenvalue weighted by Crippen LogP contribution is -2.12. The van der Waals surface area contributed by atoms with E-state index in [2.05, 4.69) is 6.58 Å². The molecule has 0 radical (unpaired) electrons. The Morgan fingerprint density at radius 2 is 1.80 bits per heavy atom. The fraction of sp³-hybridized carbons (Fsp3) is 0. The molecule has 25 heavy (non-hydrogen) atoms. The van der Waals surface area contributed by atoms with Crippen LogP contribution in [0.1, 0.15) is 0 Å². The first-order valence-electron chi connectivity index (χ1n) is 7.39. The topological polar surface area (TPSA) is 86.5 Å². The molecule has 2 N–H and O–H groups in total. The Bertz CT molecular complexity index is 1090. The summed E-state index contributed by atoms with van der Waals surface area (Å²) in [6.45, 7) is 3.42. The van der Waals surface area contributed by atoms with E-state index >= 15 is 0 Å². The van der Waals surface area contributed by atoms with E-state index in [4.69, 9.17) is 9.88 Å². The van der Waals surface area contributed by atoms with Crippen LogP contribution < -0.4 is 9.88 Å². The highest BCUT2D eigenvalue weighted by atomic mass is 32.2. The molecule has 0 saturated carbocycles. The Balaban J connectivity index is 2.27. The largest absolute Gasteiger partial charge is 0.422 e. The van der Waals surface area contributed by atoms with Crippen molar-refractivity contribution in [3.63, 3.8) is 0 Å². The minimum atomic E-state index is -3.84. The summed E-state index contributed by atoms with van der Waals surface area (Å²) >= 11 is 0. The van der Waals surface area contributed by atoms with Gasteiger partial charge in [0.15, 0.2) is 0 Å². The van der Waals surface area contributed by atoms with Crippen molar-refractivity contribution in [1.29, 1.82) is 0 Å². The average molecular weight is 353 g/mol. The zero-order valence-corrected chi connectivity index (χ0v) is 14.0. The van der Waals surface area contributed by atoms with Gasteiger partial charge >= 0.3 is 5.97 Å². The number of hydrogen-bond donors (Lipinski definition) is 1. The maximum atomic E-state index is 11.8. The third-order valence-electron chi connectivity index (χ3n) is 3.72. The predicted molar refractivity (Wildman–Crippen MR) is 96.6 cm³/mol. The van der Waals surface area contributed by atoms with Crippen LogP contribution in [0.15, 0.2) is 78.2 Å². The summed E-state index contributed by atoms with van der Waals surface area (Å²) in [6, 6.07) is 17.3. The SMILES string of the molecule is C=CC(=O)Oc1c(-c2cccc(S(N)(=O)=O)c2)ccc2ccccc12. The van der Waals surface area contributed by atoms with Crippen LogP contribution >= 0.6 is 0 Å². The Hall–Kier alpha value is -2.96. The van der Waals surface area contributed by atoms with Gasteiger partial charge in [-0.1, -0.05) is 49.0 Å². The number of ether oxygens (including phenoxy) is 1. The first-order chi connectivity index (χ1) is 11.9. The molecule has 6 heteroatoms. The molecule has 3 rings (SSSR count). The summed E-state index contributed by atoms with van der Waals surface area (Å²) in [4.78, 5) is 11.8. The first-order valence-corrected chi connectivity index (χ1v) is 8.94. The molecule has 0 unspecified atom stereocenters. The number of benzene rings is 3. The molecule has 3 aromatic carbocycles. The first kappa shape index (κ1) is 16.9. The van der Waals surface area contributed by atoms with Gasteiger partial charge in [0.25, 0.3) is 0 Å². The quantitative estimate of drug-likeness (QED) is 0.443. The van der Waals surface area contributed by atoms with Crippen molar-refractivity contribution in [2.75, 3.05) is 0 Å². The monoisotopic (exact) mass is 353 g/mol. The van der Waals surface area contributed by atoms with Gasteiger partial charge in [-0.05, 0) is 29.1 Å². The van der Waals surface area contributed by atoms with E-state index in [1.807, 2.05) is 30.3 Å². The number of carbonyl (C=O) groups excluding carboxylic acids is 1. The van der Waals surface area contributed by atoms with Gasteiger partial charge in [-0.25, -0.2) is 18.4 Å². The summed E-state index contributed by atoms with van der Waals surface area (Å²) in [5.41, 5.74) is 1.16. The van der Waals surface area contributed by atoms with Crippen molar-refractivity contribution in [1.82, 2.24) is 0 Å². The number of carbonyl (C=O) groups is 1. The standard InChI is InChI=1S/C19H15NO4S/c1-2-18(21)24-19-16-9-4-3-6-13(16)10-11-17(19)14-7-5-8-15(12-14)25(20,22)23/h2-12H,1H2,(H2,20,22,23). The summed E-state index contributed by atoms with van der Waals surface area (Å²) in [6.07, 6.45) is 1.08. The zero-order chi connectivity index (χ0) is 18.0. The summed E-state index contributed by atoms with van der Waals surface area (Å²) in [7, 11) is -3.84. The Kier molecular flexibility index (Phi) is 4.39. The number of rotatable bonds is 4. The Labute approximate surface area is 145 Å². The molecule has 5 nitrogen and oxygen atoms in total. The highest BCUT2D eigenvalue weighted by molar-refractivity contribution is 7.89.